The molecule has 0 saturated carbocycles. The summed E-state index contributed by atoms with van der Waals surface area (Å²) < 4.78 is 0. The van der Waals surface area contributed by atoms with E-state index in [0.717, 1.165) is 70.4 Å². The predicted molar refractivity (Wildman–Crippen MR) is 203 cm³/mol. The molecule has 2 aromatic carbocycles. The van der Waals surface area contributed by atoms with Crippen molar-refractivity contribution in [3.63, 3.8) is 0 Å². The number of rotatable bonds is 9. The molecule has 10 nitrogen and oxygen atoms in total. The number of likely N-dealkylation sites (tertiary alicyclic amines) is 2. The molecule has 4 N–H and O–H groups in total. The summed E-state index contributed by atoms with van der Waals surface area (Å²) in [5.41, 5.74) is 9.73. The van der Waals surface area contributed by atoms with Crippen LogP contribution in [0.4, 0.5) is 16.2 Å². The monoisotopic (exact) mass is 690 g/mol. The number of urea groups is 1. The van der Waals surface area contributed by atoms with Crippen LogP contribution in [0.2, 0.25) is 0 Å². The van der Waals surface area contributed by atoms with Crippen LogP contribution in [0.15, 0.2) is 53.5 Å². The van der Waals surface area contributed by atoms with E-state index in [4.69, 9.17) is 5.73 Å². The molecule has 2 heterocycles. The van der Waals surface area contributed by atoms with Crippen molar-refractivity contribution in [2.75, 3.05) is 31.5 Å². The van der Waals surface area contributed by atoms with Crippen molar-refractivity contribution >= 4 is 35.3 Å². The van der Waals surface area contributed by atoms with Gasteiger partial charge in [0.1, 0.15) is 0 Å². The Morgan fingerprint density at radius 1 is 0.740 bits per heavy atom. The molecule has 2 aliphatic heterocycles. The smallest absolute Gasteiger partial charge is 0.319 e. The fraction of sp³-hybridized carbons (Fsp3) is 0.600. The Morgan fingerprint density at radius 3 is 1.56 bits per heavy atom. The predicted octanol–water partition coefficient (Wildman–Crippen LogP) is 7.73. The molecule has 276 valence electrons. The van der Waals surface area contributed by atoms with Gasteiger partial charge in [0.05, 0.1) is 5.69 Å². The number of anilines is 1. The molecule has 10 heteroatoms. The number of isocyanates is 1. The van der Waals surface area contributed by atoms with E-state index in [9.17, 15) is 19.2 Å². The SMILES string of the molecule is CC(C)c1ccc(N=C=O)cc1.CCC(C)C(=O)N1CCC(N)CC1.CCC(C)C(=O)N1CCC(NC(=O)Nc2ccc(C(C)C)cc2)CC1. The van der Waals surface area contributed by atoms with E-state index >= 15 is 0 Å². The maximum absolute atomic E-state index is 12.2. The number of carbonyl (C=O) groups excluding carboxylic acids is 4. The molecule has 0 spiro atoms. The van der Waals surface area contributed by atoms with Gasteiger partial charge in [-0.15, -0.1) is 0 Å². The van der Waals surface area contributed by atoms with Crippen LogP contribution in [-0.4, -0.2) is 72.0 Å². The summed E-state index contributed by atoms with van der Waals surface area (Å²) in [6.45, 7) is 19.7. The number of amides is 4. The topological polar surface area (TPSA) is 137 Å². The number of hydrogen-bond acceptors (Lipinski definition) is 6. The summed E-state index contributed by atoms with van der Waals surface area (Å²) in [7, 11) is 0. The van der Waals surface area contributed by atoms with Crippen LogP contribution in [0.5, 0.6) is 0 Å². The van der Waals surface area contributed by atoms with Crippen LogP contribution < -0.4 is 16.4 Å². The Kier molecular flexibility index (Phi) is 18.5. The third kappa shape index (κ3) is 14.5. The minimum absolute atomic E-state index is 0.0848. The average molecular weight is 691 g/mol. The number of carbonyl (C=O) groups is 3. The van der Waals surface area contributed by atoms with Crippen LogP contribution in [0, 0.1) is 11.8 Å². The molecule has 2 aliphatic rings. The number of nitrogens with zero attached hydrogens (tertiary/aromatic N) is 3. The molecule has 4 rings (SSSR count). The minimum Gasteiger partial charge on any atom is -0.342 e. The Hall–Kier alpha value is -4.01. The van der Waals surface area contributed by atoms with Crippen LogP contribution >= 0.6 is 0 Å². The third-order valence-corrected chi connectivity index (χ3v) is 9.63. The number of nitrogens with two attached hydrogens (primary N) is 1. The van der Waals surface area contributed by atoms with Crippen LogP contribution in [-0.2, 0) is 14.4 Å². The second kappa shape index (κ2) is 21.9. The maximum Gasteiger partial charge on any atom is 0.319 e. The molecule has 4 amide bonds. The standard InChI is InChI=1S/C20H31N3O2.C10H20N2O.C10H11NO/c1-5-15(4)19(24)23-12-10-18(11-13-23)22-20(25)21-17-8-6-16(7-9-17)14(2)3;1-3-8(2)10(13)12-6-4-9(11)5-7-12;1-8(2)9-3-5-10(6-4-9)11-7-12/h6-9,14-15,18H,5,10-13H2,1-4H3,(H2,21,22,25);8-9H,3-7,11H2,1-2H3;3-6,8H,1-2H3. The zero-order valence-electron chi connectivity index (χ0n) is 31.7. The summed E-state index contributed by atoms with van der Waals surface area (Å²) >= 11 is 0. The van der Waals surface area contributed by atoms with Gasteiger partial charge in [0.25, 0.3) is 0 Å². The first-order chi connectivity index (χ1) is 23.8. The van der Waals surface area contributed by atoms with Crippen molar-refractivity contribution in [1.29, 1.82) is 0 Å². The molecule has 2 aromatic rings. The van der Waals surface area contributed by atoms with Gasteiger partial charge in [-0.3, -0.25) is 9.59 Å². The fourth-order valence-corrected chi connectivity index (χ4v) is 5.63. The lowest BCUT2D eigenvalue weighted by Crippen LogP contribution is -2.48. The van der Waals surface area contributed by atoms with Gasteiger partial charge in [-0.05, 0) is 85.8 Å². The average Bonchev–Trinajstić information content (AvgIpc) is 3.12. The lowest BCUT2D eigenvalue weighted by Gasteiger charge is -2.33. The van der Waals surface area contributed by atoms with Crippen molar-refractivity contribution < 1.29 is 19.2 Å². The first-order valence-electron chi connectivity index (χ1n) is 18.5. The third-order valence-electron chi connectivity index (χ3n) is 9.63. The Morgan fingerprint density at radius 2 is 1.16 bits per heavy atom. The zero-order chi connectivity index (χ0) is 37.2. The molecule has 0 radical (unpaired) electrons. The molecule has 2 atom stereocenters. The highest BCUT2D eigenvalue weighted by atomic mass is 16.2. The summed E-state index contributed by atoms with van der Waals surface area (Å²) in [5, 5.41) is 5.91. The number of piperidine rings is 2. The summed E-state index contributed by atoms with van der Waals surface area (Å²) in [6.07, 6.45) is 6.85. The second-order valence-corrected chi connectivity index (χ2v) is 14.2. The van der Waals surface area contributed by atoms with E-state index in [0.29, 0.717) is 29.5 Å². The van der Waals surface area contributed by atoms with Gasteiger partial charge in [0.15, 0.2) is 0 Å². The van der Waals surface area contributed by atoms with Crippen molar-refractivity contribution in [2.24, 2.45) is 22.6 Å². The first-order valence-corrected chi connectivity index (χ1v) is 18.5. The second-order valence-electron chi connectivity index (χ2n) is 14.2. The van der Waals surface area contributed by atoms with E-state index in [2.05, 4.69) is 50.2 Å². The highest BCUT2D eigenvalue weighted by Gasteiger charge is 2.26. The fourth-order valence-electron chi connectivity index (χ4n) is 5.63. The number of nitrogens with one attached hydrogen (secondary N) is 2. The van der Waals surface area contributed by atoms with Crippen molar-refractivity contribution in [1.82, 2.24) is 15.1 Å². The summed E-state index contributed by atoms with van der Waals surface area (Å²) in [6, 6.07) is 15.8. The van der Waals surface area contributed by atoms with E-state index in [-0.39, 0.29) is 29.8 Å². The van der Waals surface area contributed by atoms with Crippen LogP contribution in [0.25, 0.3) is 0 Å². The van der Waals surface area contributed by atoms with Gasteiger partial charge in [0, 0.05) is 55.8 Å². The molecular weight excluding hydrogens is 628 g/mol. The molecule has 2 saturated heterocycles. The molecule has 0 aliphatic carbocycles. The largest absolute Gasteiger partial charge is 0.342 e. The normalized spacial score (nSPS) is 16.2. The van der Waals surface area contributed by atoms with Crippen molar-refractivity contribution in [2.45, 2.75) is 118 Å². The number of hydrogen-bond donors (Lipinski definition) is 3. The highest BCUT2D eigenvalue weighted by molar-refractivity contribution is 5.89. The van der Waals surface area contributed by atoms with Gasteiger partial charge in [-0.25, -0.2) is 9.59 Å². The Bertz CT molecular complexity index is 1360. The van der Waals surface area contributed by atoms with E-state index in [1.807, 2.05) is 79.1 Å². The van der Waals surface area contributed by atoms with E-state index in [1.165, 1.54) is 17.2 Å². The minimum atomic E-state index is -0.177. The van der Waals surface area contributed by atoms with Crippen molar-refractivity contribution in [3.05, 3.63) is 59.7 Å². The molecule has 0 aromatic heterocycles. The molecule has 2 fully saturated rings. The van der Waals surface area contributed by atoms with Gasteiger partial charge in [-0.2, -0.15) is 4.99 Å². The highest BCUT2D eigenvalue weighted by Crippen LogP contribution is 2.20. The Labute approximate surface area is 300 Å². The van der Waals surface area contributed by atoms with Gasteiger partial charge >= 0.3 is 6.03 Å². The number of aliphatic imine (C=N–C) groups is 1. The lowest BCUT2D eigenvalue weighted by atomic mass is 10.0. The van der Waals surface area contributed by atoms with Gasteiger partial charge in [0.2, 0.25) is 17.9 Å². The molecule has 0 bridgehead atoms. The Balaban J connectivity index is 0.000000290. The van der Waals surface area contributed by atoms with Crippen molar-refractivity contribution in [3.8, 4) is 0 Å². The summed E-state index contributed by atoms with van der Waals surface area (Å²) in [5.74, 6) is 1.78. The van der Waals surface area contributed by atoms with E-state index in [1.54, 1.807) is 0 Å². The lowest BCUT2D eigenvalue weighted by molar-refractivity contribution is -0.136. The van der Waals surface area contributed by atoms with Gasteiger partial charge < -0.3 is 26.2 Å². The number of benzene rings is 2. The van der Waals surface area contributed by atoms with E-state index < -0.39 is 0 Å². The van der Waals surface area contributed by atoms with Gasteiger partial charge in [-0.1, -0.05) is 79.7 Å². The van der Waals surface area contributed by atoms with Crippen LogP contribution in [0.3, 0.4) is 0 Å². The quantitative estimate of drug-likeness (QED) is 0.183. The van der Waals surface area contributed by atoms with Crippen LogP contribution in [0.1, 0.15) is 117 Å². The maximum atomic E-state index is 12.2. The molecule has 50 heavy (non-hydrogen) atoms. The summed E-state index contributed by atoms with van der Waals surface area (Å²) in [4.78, 5) is 53.4. The molecular formula is C40H62N6O4. The molecule has 2 unspecified atom stereocenters. The first kappa shape index (κ1) is 42.2. The zero-order valence-corrected chi connectivity index (χ0v) is 31.7.